The molecule has 0 amide bonds. The second-order valence-electron chi connectivity index (χ2n) is 5.99. The van der Waals surface area contributed by atoms with Crippen LogP contribution in [0.5, 0.6) is 0 Å². The van der Waals surface area contributed by atoms with Crippen LogP contribution in [0.4, 0.5) is 5.69 Å². The molecule has 1 heterocycles. The summed E-state index contributed by atoms with van der Waals surface area (Å²) >= 11 is 0. The molecule has 0 spiro atoms. The average Bonchev–Trinajstić information content (AvgIpc) is 3.11. The van der Waals surface area contributed by atoms with Crippen molar-refractivity contribution < 1.29 is 10.1 Å². The monoisotopic (exact) mass is 343 g/mol. The molecule has 0 saturated carbocycles. The van der Waals surface area contributed by atoms with Gasteiger partial charge < -0.3 is 5.73 Å². The van der Waals surface area contributed by atoms with Gasteiger partial charge in [0.2, 0.25) is 0 Å². The minimum absolute atomic E-state index is 0.474. The van der Waals surface area contributed by atoms with E-state index >= 15 is 0 Å². The second kappa shape index (κ2) is 6.55. The van der Waals surface area contributed by atoms with E-state index in [1.165, 1.54) is 0 Å². The highest BCUT2D eigenvalue weighted by molar-refractivity contribution is 6.20. The van der Waals surface area contributed by atoms with Gasteiger partial charge >= 0.3 is 0 Å². The lowest BCUT2D eigenvalue weighted by molar-refractivity contribution is -0.302. The van der Waals surface area contributed by atoms with Crippen molar-refractivity contribution in [1.29, 1.82) is 0 Å². The Hall–Kier alpha value is -3.28. The molecule has 128 valence electrons. The topological polar surface area (TPSA) is 80.2 Å². The molecule has 3 aromatic carbocycles. The number of rotatable bonds is 4. The summed E-state index contributed by atoms with van der Waals surface area (Å²) in [6.45, 7) is 0. The SMILES string of the molecule is Nc1ccc(C2=NC(OO)(c3ccccc3)C(c3ccccc3)=N2)cc1. The maximum atomic E-state index is 9.90. The Labute approximate surface area is 151 Å². The first-order chi connectivity index (χ1) is 12.7. The smallest absolute Gasteiger partial charge is 0.262 e. The van der Waals surface area contributed by atoms with Crippen molar-refractivity contribution in [1.82, 2.24) is 0 Å². The van der Waals surface area contributed by atoms with Gasteiger partial charge in [-0.2, -0.15) is 4.89 Å². The third kappa shape index (κ3) is 2.69. The third-order valence-corrected chi connectivity index (χ3v) is 4.32. The molecule has 0 aromatic heterocycles. The number of aliphatic imine (C=N–C) groups is 2. The molecule has 1 aliphatic heterocycles. The molecule has 1 unspecified atom stereocenters. The summed E-state index contributed by atoms with van der Waals surface area (Å²) in [4.78, 5) is 14.4. The maximum Gasteiger partial charge on any atom is 0.262 e. The number of benzene rings is 3. The first-order valence-corrected chi connectivity index (χ1v) is 8.21. The van der Waals surface area contributed by atoms with Crippen LogP contribution >= 0.6 is 0 Å². The average molecular weight is 343 g/mol. The summed E-state index contributed by atoms with van der Waals surface area (Å²) in [5.74, 6) is 0.474. The number of nitrogens with two attached hydrogens (primary N) is 1. The molecule has 1 atom stereocenters. The molecule has 5 heteroatoms. The predicted molar refractivity (Wildman–Crippen MR) is 102 cm³/mol. The molecule has 1 aliphatic rings. The number of anilines is 1. The van der Waals surface area contributed by atoms with Crippen LogP contribution in [0.2, 0.25) is 0 Å². The summed E-state index contributed by atoms with van der Waals surface area (Å²) in [7, 11) is 0. The molecular weight excluding hydrogens is 326 g/mol. The fourth-order valence-corrected chi connectivity index (χ4v) is 3.01. The third-order valence-electron chi connectivity index (χ3n) is 4.32. The molecule has 0 bridgehead atoms. The van der Waals surface area contributed by atoms with Crippen LogP contribution in [-0.4, -0.2) is 16.8 Å². The number of nitrogens with zero attached hydrogens (tertiary/aromatic N) is 2. The maximum absolute atomic E-state index is 9.90. The Morgan fingerprint density at radius 2 is 1.38 bits per heavy atom. The van der Waals surface area contributed by atoms with Crippen LogP contribution in [0, 0.1) is 0 Å². The summed E-state index contributed by atoms with van der Waals surface area (Å²) < 4.78 is 0. The van der Waals surface area contributed by atoms with E-state index in [1.54, 1.807) is 12.1 Å². The zero-order valence-electron chi connectivity index (χ0n) is 13.9. The highest BCUT2D eigenvalue weighted by Gasteiger charge is 2.45. The van der Waals surface area contributed by atoms with E-state index in [9.17, 15) is 5.26 Å². The van der Waals surface area contributed by atoms with E-state index in [0.29, 0.717) is 22.8 Å². The van der Waals surface area contributed by atoms with Crippen molar-refractivity contribution in [3.05, 3.63) is 102 Å². The van der Waals surface area contributed by atoms with Crippen LogP contribution in [-0.2, 0) is 10.6 Å². The van der Waals surface area contributed by atoms with Gasteiger partial charge in [0, 0.05) is 22.4 Å². The van der Waals surface area contributed by atoms with E-state index in [2.05, 4.69) is 4.99 Å². The molecule has 3 N–H and O–H groups in total. The van der Waals surface area contributed by atoms with Gasteiger partial charge in [-0.3, -0.25) is 0 Å². The Morgan fingerprint density at radius 1 is 0.769 bits per heavy atom. The summed E-state index contributed by atoms with van der Waals surface area (Å²) in [6, 6.07) is 26.2. The molecule has 0 aliphatic carbocycles. The van der Waals surface area contributed by atoms with Gasteiger partial charge in [-0.15, -0.1) is 0 Å². The Kier molecular flexibility index (Phi) is 4.08. The lowest BCUT2D eigenvalue weighted by atomic mass is 9.93. The molecule has 0 fully saturated rings. The fraction of sp³-hybridized carbons (Fsp3) is 0.0476. The molecule has 4 rings (SSSR count). The van der Waals surface area contributed by atoms with Crippen LogP contribution in [0.15, 0.2) is 94.9 Å². The Balaban J connectivity index is 1.91. The predicted octanol–water partition coefficient (Wildman–Crippen LogP) is 3.86. The molecular formula is C21H17N3O2. The zero-order chi connectivity index (χ0) is 18.0. The van der Waals surface area contributed by atoms with Gasteiger partial charge in [0.15, 0.2) is 5.84 Å². The summed E-state index contributed by atoms with van der Waals surface area (Å²) in [5, 5.41) is 9.90. The van der Waals surface area contributed by atoms with Crippen molar-refractivity contribution in [2.45, 2.75) is 5.72 Å². The first-order valence-electron chi connectivity index (χ1n) is 8.21. The number of nitrogen functional groups attached to an aromatic ring is 1. The largest absolute Gasteiger partial charge is 0.399 e. The second-order valence-corrected chi connectivity index (χ2v) is 5.99. The Bertz CT molecular complexity index is 967. The van der Waals surface area contributed by atoms with E-state index < -0.39 is 5.72 Å². The number of hydrogen-bond acceptors (Lipinski definition) is 5. The van der Waals surface area contributed by atoms with Crippen molar-refractivity contribution in [3.63, 3.8) is 0 Å². The minimum Gasteiger partial charge on any atom is -0.399 e. The van der Waals surface area contributed by atoms with Gasteiger partial charge in [-0.25, -0.2) is 15.2 Å². The lowest BCUT2D eigenvalue weighted by Crippen LogP contribution is -2.34. The zero-order valence-corrected chi connectivity index (χ0v) is 13.9. The summed E-state index contributed by atoms with van der Waals surface area (Å²) in [5.41, 5.74) is 7.85. The van der Waals surface area contributed by atoms with E-state index in [0.717, 1.165) is 11.1 Å². The standard InChI is InChI=1S/C21H17N3O2/c22-18-13-11-16(12-14-18)20-23-19(15-7-3-1-4-8-15)21(24-20,26-25)17-9-5-2-6-10-17/h1-14,25H,22H2. The van der Waals surface area contributed by atoms with Gasteiger partial charge in [-0.1, -0.05) is 60.7 Å². The van der Waals surface area contributed by atoms with Crippen LogP contribution in [0.25, 0.3) is 0 Å². The molecule has 26 heavy (non-hydrogen) atoms. The fourth-order valence-electron chi connectivity index (χ4n) is 3.01. The highest BCUT2D eigenvalue weighted by atomic mass is 17.1. The molecule has 5 nitrogen and oxygen atoms in total. The molecule has 0 saturated heterocycles. The number of hydrogen-bond donors (Lipinski definition) is 2. The van der Waals surface area contributed by atoms with Crippen molar-refractivity contribution in [3.8, 4) is 0 Å². The van der Waals surface area contributed by atoms with Crippen LogP contribution < -0.4 is 5.73 Å². The van der Waals surface area contributed by atoms with Crippen molar-refractivity contribution in [2.75, 3.05) is 5.73 Å². The minimum atomic E-state index is -1.42. The van der Waals surface area contributed by atoms with Crippen molar-refractivity contribution in [2.24, 2.45) is 9.98 Å². The Morgan fingerprint density at radius 3 is 2.00 bits per heavy atom. The first kappa shape index (κ1) is 16.2. The molecule has 3 aromatic rings. The highest BCUT2D eigenvalue weighted by Crippen LogP contribution is 2.36. The van der Waals surface area contributed by atoms with Gasteiger partial charge in [0.1, 0.15) is 5.71 Å². The summed E-state index contributed by atoms with van der Waals surface area (Å²) in [6.07, 6.45) is 0. The molecule has 0 radical (unpaired) electrons. The van der Waals surface area contributed by atoms with Gasteiger partial charge in [-0.05, 0) is 24.3 Å². The van der Waals surface area contributed by atoms with Crippen LogP contribution in [0.1, 0.15) is 16.7 Å². The van der Waals surface area contributed by atoms with E-state index in [1.807, 2.05) is 72.8 Å². The van der Waals surface area contributed by atoms with E-state index in [4.69, 9.17) is 15.6 Å². The lowest BCUT2D eigenvalue weighted by Gasteiger charge is -2.24. The van der Waals surface area contributed by atoms with Gasteiger partial charge in [0.25, 0.3) is 5.72 Å². The van der Waals surface area contributed by atoms with Crippen molar-refractivity contribution >= 4 is 17.2 Å². The quantitative estimate of drug-likeness (QED) is 0.429. The van der Waals surface area contributed by atoms with E-state index in [-0.39, 0.29) is 0 Å². The van der Waals surface area contributed by atoms with Gasteiger partial charge in [0.05, 0.1) is 0 Å². The normalized spacial score (nSPS) is 19.1. The number of amidine groups is 1. The van der Waals surface area contributed by atoms with Crippen LogP contribution in [0.3, 0.4) is 0 Å².